The Morgan fingerprint density at radius 2 is 1.79 bits per heavy atom. The molecule has 4 nitrogen and oxygen atoms in total. The van der Waals surface area contributed by atoms with Crippen LogP contribution in [0.25, 0.3) is 0 Å². The normalized spacial score (nSPS) is 12.5. The number of benzene rings is 2. The maximum Gasteiger partial charge on any atom is 0.310 e. The zero-order chi connectivity index (χ0) is 16.9. The van der Waals surface area contributed by atoms with E-state index in [0.29, 0.717) is 5.69 Å². The van der Waals surface area contributed by atoms with Crippen molar-refractivity contribution in [2.24, 2.45) is 0 Å². The summed E-state index contributed by atoms with van der Waals surface area (Å²) in [5, 5.41) is 2.54. The molecule has 2 aromatic rings. The van der Waals surface area contributed by atoms with E-state index in [4.69, 9.17) is 4.74 Å². The molecule has 0 saturated heterocycles. The molecule has 0 atom stereocenters. The van der Waals surface area contributed by atoms with Gasteiger partial charge >= 0.3 is 5.97 Å². The van der Waals surface area contributed by atoms with Gasteiger partial charge in [-0.2, -0.15) is 0 Å². The van der Waals surface area contributed by atoms with Gasteiger partial charge < -0.3 is 10.1 Å². The molecule has 24 heavy (non-hydrogen) atoms. The van der Waals surface area contributed by atoms with E-state index in [1.54, 1.807) is 0 Å². The van der Waals surface area contributed by atoms with Crippen molar-refractivity contribution in [3.63, 3.8) is 0 Å². The van der Waals surface area contributed by atoms with Crippen LogP contribution in [0.15, 0.2) is 42.5 Å². The molecular formula is C19H18FNO3. The summed E-state index contributed by atoms with van der Waals surface area (Å²) in [6.07, 6.45) is 3.46. The van der Waals surface area contributed by atoms with E-state index in [-0.39, 0.29) is 18.8 Å². The fraction of sp³-hybridized carbons (Fsp3) is 0.263. The molecule has 1 aliphatic rings. The number of halogens is 1. The lowest BCUT2D eigenvalue weighted by molar-refractivity contribution is -0.146. The Morgan fingerprint density at radius 1 is 1.04 bits per heavy atom. The summed E-state index contributed by atoms with van der Waals surface area (Å²) in [5.74, 6) is -1.28. The number of carbonyl (C=O) groups is 2. The minimum Gasteiger partial charge on any atom is -0.455 e. The maximum atomic E-state index is 12.8. The quantitative estimate of drug-likeness (QED) is 0.859. The number of ether oxygens (including phenoxy) is 1. The molecule has 0 fully saturated rings. The van der Waals surface area contributed by atoms with E-state index in [1.165, 1.54) is 35.4 Å². The van der Waals surface area contributed by atoms with Gasteiger partial charge in [-0.25, -0.2) is 4.39 Å². The molecule has 2 aromatic carbocycles. The third-order valence-corrected chi connectivity index (χ3v) is 4.00. The predicted octanol–water partition coefficient (Wildman–Crippen LogP) is 3.04. The largest absolute Gasteiger partial charge is 0.455 e. The smallest absolute Gasteiger partial charge is 0.310 e. The van der Waals surface area contributed by atoms with Gasteiger partial charge in [0.1, 0.15) is 5.82 Å². The van der Waals surface area contributed by atoms with Crippen LogP contribution < -0.4 is 5.32 Å². The monoisotopic (exact) mass is 327 g/mol. The average molecular weight is 327 g/mol. The van der Waals surface area contributed by atoms with Crippen molar-refractivity contribution in [2.45, 2.75) is 25.7 Å². The molecule has 0 bridgehead atoms. The number of esters is 1. The molecule has 5 heteroatoms. The van der Waals surface area contributed by atoms with E-state index < -0.39 is 11.9 Å². The summed E-state index contributed by atoms with van der Waals surface area (Å²) in [6.45, 7) is -0.360. The SMILES string of the molecule is O=C(COC(=O)Cc1ccc2c(c1)CCC2)Nc1ccc(F)cc1. The van der Waals surface area contributed by atoms with Gasteiger partial charge in [0.2, 0.25) is 0 Å². The van der Waals surface area contributed by atoms with Crippen LogP contribution in [0.3, 0.4) is 0 Å². The summed E-state index contributed by atoms with van der Waals surface area (Å²) in [5.41, 5.74) is 4.01. The zero-order valence-electron chi connectivity index (χ0n) is 13.2. The van der Waals surface area contributed by atoms with Crippen LogP contribution in [0.4, 0.5) is 10.1 Å². The number of hydrogen-bond donors (Lipinski definition) is 1. The molecular weight excluding hydrogens is 309 g/mol. The van der Waals surface area contributed by atoms with Gasteiger partial charge in [0.25, 0.3) is 5.91 Å². The Labute approximate surface area is 139 Å². The number of amides is 1. The summed E-state index contributed by atoms with van der Waals surface area (Å²) in [6, 6.07) is 11.4. The molecule has 0 unspecified atom stereocenters. The lowest BCUT2D eigenvalue weighted by Gasteiger charge is -2.07. The maximum absolute atomic E-state index is 12.8. The summed E-state index contributed by atoms with van der Waals surface area (Å²) < 4.78 is 17.8. The first kappa shape index (κ1) is 16.2. The molecule has 3 rings (SSSR count). The summed E-state index contributed by atoms with van der Waals surface area (Å²) in [7, 11) is 0. The minimum absolute atomic E-state index is 0.150. The number of rotatable bonds is 5. The number of aryl methyl sites for hydroxylation is 2. The van der Waals surface area contributed by atoms with E-state index in [2.05, 4.69) is 11.4 Å². The summed E-state index contributed by atoms with van der Waals surface area (Å²) >= 11 is 0. The van der Waals surface area contributed by atoms with Crippen molar-refractivity contribution >= 4 is 17.6 Å². The Balaban J connectivity index is 1.46. The molecule has 0 aromatic heterocycles. The van der Waals surface area contributed by atoms with Crippen molar-refractivity contribution in [1.82, 2.24) is 0 Å². The predicted molar refractivity (Wildman–Crippen MR) is 88.2 cm³/mol. The first-order valence-electron chi connectivity index (χ1n) is 7.92. The van der Waals surface area contributed by atoms with Gasteiger partial charge in [-0.15, -0.1) is 0 Å². The van der Waals surface area contributed by atoms with Gasteiger partial charge in [-0.1, -0.05) is 18.2 Å². The highest BCUT2D eigenvalue weighted by atomic mass is 19.1. The average Bonchev–Trinajstić information content (AvgIpc) is 3.03. The van der Waals surface area contributed by atoms with E-state index >= 15 is 0 Å². The third-order valence-electron chi connectivity index (χ3n) is 4.00. The van der Waals surface area contributed by atoms with Crippen LogP contribution in [0.1, 0.15) is 23.1 Å². The molecule has 124 valence electrons. The standard InChI is InChI=1S/C19H18FNO3/c20-16-6-8-17(9-7-16)21-18(22)12-24-19(23)11-13-4-5-14-2-1-3-15(14)10-13/h4-10H,1-3,11-12H2,(H,21,22). The number of fused-ring (bicyclic) bond motifs is 1. The van der Waals surface area contributed by atoms with Gasteiger partial charge in [0.15, 0.2) is 6.61 Å². The Bertz CT molecular complexity index is 756. The van der Waals surface area contributed by atoms with Crippen LogP contribution in [0.2, 0.25) is 0 Å². The highest BCUT2D eigenvalue weighted by molar-refractivity contribution is 5.92. The highest BCUT2D eigenvalue weighted by Gasteiger charge is 2.13. The van der Waals surface area contributed by atoms with Crippen molar-refractivity contribution in [2.75, 3.05) is 11.9 Å². The Hall–Kier alpha value is -2.69. The van der Waals surface area contributed by atoms with Crippen molar-refractivity contribution in [3.8, 4) is 0 Å². The Kier molecular flexibility index (Phi) is 4.89. The first-order chi connectivity index (χ1) is 11.6. The molecule has 0 radical (unpaired) electrons. The van der Waals surface area contributed by atoms with Gasteiger partial charge in [0.05, 0.1) is 6.42 Å². The molecule has 1 N–H and O–H groups in total. The second kappa shape index (κ2) is 7.25. The fourth-order valence-electron chi connectivity index (χ4n) is 2.83. The van der Waals surface area contributed by atoms with Crippen LogP contribution >= 0.6 is 0 Å². The van der Waals surface area contributed by atoms with Crippen LogP contribution in [0, 0.1) is 5.82 Å². The zero-order valence-corrected chi connectivity index (χ0v) is 13.2. The van der Waals surface area contributed by atoms with E-state index in [9.17, 15) is 14.0 Å². The highest BCUT2D eigenvalue weighted by Crippen LogP contribution is 2.23. The molecule has 0 aliphatic heterocycles. The minimum atomic E-state index is -0.455. The number of hydrogen-bond acceptors (Lipinski definition) is 3. The fourth-order valence-corrected chi connectivity index (χ4v) is 2.83. The molecule has 0 heterocycles. The van der Waals surface area contributed by atoms with E-state index in [1.807, 2.05) is 12.1 Å². The number of nitrogens with one attached hydrogen (secondary N) is 1. The number of carbonyl (C=O) groups excluding carboxylic acids is 2. The lowest BCUT2D eigenvalue weighted by Crippen LogP contribution is -2.21. The Morgan fingerprint density at radius 3 is 2.58 bits per heavy atom. The van der Waals surface area contributed by atoms with Gasteiger partial charge in [-0.05, 0) is 60.2 Å². The van der Waals surface area contributed by atoms with Crippen molar-refractivity contribution in [1.29, 1.82) is 0 Å². The van der Waals surface area contributed by atoms with Gasteiger partial charge in [-0.3, -0.25) is 9.59 Å². The third kappa shape index (κ3) is 4.19. The lowest BCUT2D eigenvalue weighted by atomic mass is 10.0. The summed E-state index contributed by atoms with van der Waals surface area (Å²) in [4.78, 5) is 23.6. The first-order valence-corrected chi connectivity index (χ1v) is 7.92. The van der Waals surface area contributed by atoms with Crippen molar-refractivity contribution in [3.05, 3.63) is 65.0 Å². The topological polar surface area (TPSA) is 55.4 Å². The van der Waals surface area contributed by atoms with E-state index in [0.717, 1.165) is 24.8 Å². The number of anilines is 1. The second-order valence-corrected chi connectivity index (χ2v) is 5.85. The molecule has 1 amide bonds. The molecule has 0 spiro atoms. The van der Waals surface area contributed by atoms with Gasteiger partial charge in [0, 0.05) is 5.69 Å². The van der Waals surface area contributed by atoms with Crippen LogP contribution in [0.5, 0.6) is 0 Å². The molecule has 1 aliphatic carbocycles. The van der Waals surface area contributed by atoms with Crippen LogP contribution in [-0.2, 0) is 33.6 Å². The van der Waals surface area contributed by atoms with Crippen LogP contribution in [-0.4, -0.2) is 18.5 Å². The second-order valence-electron chi connectivity index (χ2n) is 5.85. The van der Waals surface area contributed by atoms with Crippen molar-refractivity contribution < 1.29 is 18.7 Å². The molecule has 0 saturated carbocycles.